The fourth-order valence-electron chi connectivity index (χ4n) is 1.94. The van der Waals surface area contributed by atoms with Crippen LogP contribution in [0.4, 0.5) is 9.36 Å². The van der Waals surface area contributed by atoms with Crippen LogP contribution in [0, 0.1) is 11.3 Å². The van der Waals surface area contributed by atoms with E-state index in [1.165, 1.54) is 4.44 Å². The normalized spacial score (nSPS) is 14.4. The van der Waals surface area contributed by atoms with E-state index in [0.717, 1.165) is 29.6 Å². The summed E-state index contributed by atoms with van der Waals surface area (Å²) in [5, 5.41) is 15.3. The molecule has 1 aliphatic rings. The van der Waals surface area contributed by atoms with Gasteiger partial charge in [0.25, 0.3) is 0 Å². The van der Waals surface area contributed by atoms with Crippen LogP contribution < -0.4 is 10.6 Å². The average molecular weight is 326 g/mol. The molecule has 0 saturated heterocycles. The first-order valence-corrected chi connectivity index (χ1v) is 7.87. The van der Waals surface area contributed by atoms with Crippen molar-refractivity contribution < 1.29 is 9.53 Å². The predicted molar refractivity (Wildman–Crippen MR) is 73.4 cm³/mol. The van der Waals surface area contributed by atoms with Gasteiger partial charge in [0, 0.05) is 0 Å². The summed E-state index contributed by atoms with van der Waals surface area (Å²) < 4.78 is 7.23. The Morgan fingerprint density at radius 1 is 1.53 bits per heavy atom. The molecule has 1 amide bonds. The number of hydrogen-bond acceptors (Lipinski definition) is 4. The second-order valence-electron chi connectivity index (χ2n) is 5.37. The second kappa shape index (κ2) is 5.38. The molecule has 1 aromatic rings. The Bertz CT molecular complexity index is 537. The monoisotopic (exact) mass is 327 g/mol. The predicted octanol–water partition coefficient (Wildman–Crippen LogP) is 1.61. The molecule has 102 valence electrons. The molecule has 5 nitrogen and oxygen atoms in total. The van der Waals surface area contributed by atoms with E-state index in [-0.39, 0.29) is 14.5 Å². The van der Waals surface area contributed by atoms with Gasteiger partial charge in [0.2, 0.25) is 0 Å². The van der Waals surface area contributed by atoms with Gasteiger partial charge in [-0.3, -0.25) is 0 Å². The van der Waals surface area contributed by atoms with Gasteiger partial charge in [0.05, 0.1) is 0 Å². The Labute approximate surface area is 118 Å². The summed E-state index contributed by atoms with van der Waals surface area (Å²) in [6.07, 6.45) is 0.379. The van der Waals surface area contributed by atoms with E-state index in [9.17, 15) is 10.1 Å². The average Bonchev–Trinajstić information content (AvgIpc) is 2.63. The van der Waals surface area contributed by atoms with Crippen LogP contribution in [0.5, 0.6) is 0 Å². The van der Waals surface area contributed by atoms with E-state index >= 15 is 0 Å². The molecule has 0 aliphatic carbocycles. The molecule has 1 aliphatic heterocycles. The number of anilines is 1. The number of nitriles is 1. The number of carbonyl (C=O) groups excluding carboxylic acids is 1. The van der Waals surface area contributed by atoms with Crippen molar-refractivity contribution in [3.8, 4) is 6.07 Å². The minimum atomic E-state index is -0.530. The zero-order valence-corrected chi connectivity index (χ0v) is 13.0. The van der Waals surface area contributed by atoms with Crippen molar-refractivity contribution in [2.45, 2.75) is 39.3 Å². The van der Waals surface area contributed by atoms with Gasteiger partial charge in [0.15, 0.2) is 0 Å². The van der Waals surface area contributed by atoms with Crippen molar-refractivity contribution in [1.82, 2.24) is 5.32 Å². The molecule has 0 fully saturated rings. The number of nitrogens with zero attached hydrogens (tertiary/aromatic N) is 1. The van der Waals surface area contributed by atoms with Gasteiger partial charge in [-0.15, -0.1) is 0 Å². The molecule has 0 unspecified atom stereocenters. The third kappa shape index (κ3) is 3.38. The molecule has 19 heavy (non-hydrogen) atoms. The topological polar surface area (TPSA) is 74.1 Å². The number of hydrogen-bond donors (Lipinski definition) is 2. The number of rotatable bonds is 1. The van der Waals surface area contributed by atoms with Crippen molar-refractivity contribution in [2.75, 3.05) is 11.9 Å². The third-order valence-electron chi connectivity index (χ3n) is 2.65. The van der Waals surface area contributed by atoms with Crippen molar-refractivity contribution in [1.29, 1.82) is 5.26 Å². The van der Waals surface area contributed by atoms with Crippen molar-refractivity contribution in [3.05, 3.63) is 15.6 Å². The van der Waals surface area contributed by atoms with Crippen molar-refractivity contribution in [2.24, 2.45) is 0 Å². The summed E-state index contributed by atoms with van der Waals surface area (Å²) in [7, 11) is 0. The number of ether oxygens (including phenoxy) is 1. The molecule has 2 rings (SSSR count). The van der Waals surface area contributed by atoms with Crippen LogP contribution >= 0.6 is 0 Å². The van der Waals surface area contributed by atoms with Gasteiger partial charge in [0.1, 0.15) is 0 Å². The van der Waals surface area contributed by atoms with Gasteiger partial charge in [-0.1, -0.05) is 0 Å². The molecular formula is C13H17N3O2Se. The summed E-state index contributed by atoms with van der Waals surface area (Å²) in [6, 6.07) is 2.22. The number of amides is 1. The minimum absolute atomic E-state index is 0.0186. The van der Waals surface area contributed by atoms with Crippen LogP contribution in [-0.4, -0.2) is 32.7 Å². The van der Waals surface area contributed by atoms with Gasteiger partial charge in [-0.25, -0.2) is 0 Å². The van der Waals surface area contributed by atoms with Crippen LogP contribution in [-0.2, 0) is 17.7 Å². The van der Waals surface area contributed by atoms with E-state index in [0.29, 0.717) is 5.56 Å². The Kier molecular flexibility index (Phi) is 4.00. The van der Waals surface area contributed by atoms with Gasteiger partial charge >= 0.3 is 118 Å². The third-order valence-corrected chi connectivity index (χ3v) is 5.06. The van der Waals surface area contributed by atoms with Crippen molar-refractivity contribution >= 4 is 25.2 Å². The molecule has 2 heterocycles. The number of nitrogens with one attached hydrogen (secondary N) is 2. The summed E-state index contributed by atoms with van der Waals surface area (Å²) in [5.41, 5.74) is 1.23. The fourth-order valence-corrected chi connectivity index (χ4v) is 4.36. The first kappa shape index (κ1) is 14.1. The first-order valence-electron chi connectivity index (χ1n) is 6.16. The molecule has 0 bridgehead atoms. The van der Waals surface area contributed by atoms with Crippen LogP contribution in [0.2, 0.25) is 0 Å². The quantitative estimate of drug-likeness (QED) is 0.769. The second-order valence-corrected chi connectivity index (χ2v) is 7.69. The zero-order valence-electron chi connectivity index (χ0n) is 11.3. The molecule has 0 aromatic carbocycles. The Hall–Kier alpha value is -1.28. The van der Waals surface area contributed by atoms with E-state index in [1.54, 1.807) is 0 Å². The van der Waals surface area contributed by atoms with E-state index in [1.807, 2.05) is 20.8 Å². The Morgan fingerprint density at radius 2 is 2.26 bits per heavy atom. The molecule has 0 radical (unpaired) electrons. The zero-order chi connectivity index (χ0) is 14.0. The standard InChI is InChI=1S/C13H17N3O2Se/c1-13(2,3)18-12(17)16-11-9(6-14)8-4-5-15-7-10(8)19-11/h15H,4-5,7H2,1-3H3,(H,16,17). The van der Waals surface area contributed by atoms with E-state index in [4.69, 9.17) is 4.74 Å². The van der Waals surface area contributed by atoms with Crippen LogP contribution in [0.25, 0.3) is 0 Å². The number of fused-ring (bicyclic) bond motifs is 1. The number of carbonyl (C=O) groups is 1. The molecule has 0 atom stereocenters. The molecule has 0 spiro atoms. The summed E-state index contributed by atoms with van der Waals surface area (Å²) in [5.74, 6) is 0. The van der Waals surface area contributed by atoms with Crippen LogP contribution in [0.3, 0.4) is 0 Å². The summed E-state index contributed by atoms with van der Waals surface area (Å²) in [4.78, 5) is 11.8. The Morgan fingerprint density at radius 3 is 2.89 bits per heavy atom. The molecular weight excluding hydrogens is 309 g/mol. The summed E-state index contributed by atoms with van der Waals surface area (Å²) >= 11 is 0.0186. The van der Waals surface area contributed by atoms with E-state index < -0.39 is 11.7 Å². The summed E-state index contributed by atoms with van der Waals surface area (Å²) in [6.45, 7) is 7.16. The molecule has 1 aromatic heterocycles. The van der Waals surface area contributed by atoms with Crippen LogP contribution in [0.1, 0.15) is 36.3 Å². The molecule has 2 N–H and O–H groups in total. The fraction of sp³-hybridized carbons (Fsp3) is 0.538. The Balaban J connectivity index is 2.19. The van der Waals surface area contributed by atoms with E-state index in [2.05, 4.69) is 16.7 Å². The van der Waals surface area contributed by atoms with Crippen LogP contribution in [0.15, 0.2) is 0 Å². The van der Waals surface area contributed by atoms with Gasteiger partial charge < -0.3 is 0 Å². The SMILES string of the molecule is CC(C)(C)OC(=O)Nc1[se]c2c(c1C#N)CCNC2. The first-order chi connectivity index (χ1) is 8.90. The van der Waals surface area contributed by atoms with Gasteiger partial charge in [-0.05, 0) is 0 Å². The maximum absolute atomic E-state index is 11.8. The molecule has 6 heteroatoms. The van der Waals surface area contributed by atoms with Gasteiger partial charge in [-0.2, -0.15) is 0 Å². The maximum atomic E-state index is 11.8. The molecule has 0 saturated carbocycles. The van der Waals surface area contributed by atoms with Crippen molar-refractivity contribution in [3.63, 3.8) is 0 Å².